The smallest absolute Gasteiger partial charge is 0.263 e. The van der Waals surface area contributed by atoms with Crippen LogP contribution in [-0.4, -0.2) is 10.9 Å². The fourth-order valence-electron chi connectivity index (χ4n) is 2.18. The summed E-state index contributed by atoms with van der Waals surface area (Å²) in [7, 11) is 0. The molecule has 8 heteroatoms. The molecule has 0 atom stereocenters. The van der Waals surface area contributed by atoms with Crippen molar-refractivity contribution in [2.45, 2.75) is 6.67 Å². The number of halogens is 4. The van der Waals surface area contributed by atoms with Crippen LogP contribution in [0, 0.1) is 11.6 Å². The van der Waals surface area contributed by atoms with Crippen molar-refractivity contribution in [3.63, 3.8) is 0 Å². The average Bonchev–Trinajstić information content (AvgIpc) is 3.03. The van der Waals surface area contributed by atoms with Crippen LogP contribution in [0.3, 0.4) is 0 Å². The molecule has 0 bridgehead atoms. The van der Waals surface area contributed by atoms with Gasteiger partial charge in [0.25, 0.3) is 5.91 Å². The molecule has 0 aliphatic heterocycles. The summed E-state index contributed by atoms with van der Waals surface area (Å²) < 4.78 is 40.1. The van der Waals surface area contributed by atoms with Gasteiger partial charge in [-0.2, -0.15) is 0 Å². The third-order valence-corrected chi connectivity index (χ3v) is 4.64. The zero-order valence-electron chi connectivity index (χ0n) is 12.5. The van der Waals surface area contributed by atoms with Crippen LogP contribution in [0.5, 0.6) is 0 Å². The van der Waals surface area contributed by atoms with Gasteiger partial charge in [-0.05, 0) is 29.8 Å². The zero-order chi connectivity index (χ0) is 18.0. The number of rotatable bonds is 4. The number of thiazole rings is 1. The summed E-state index contributed by atoms with van der Waals surface area (Å²) in [5.41, 5.74) is 0.329. The number of carbonyl (C=O) groups excluding carboxylic acids is 1. The molecule has 0 aliphatic carbocycles. The number of aromatic nitrogens is 1. The van der Waals surface area contributed by atoms with E-state index in [-0.39, 0.29) is 5.13 Å². The fourth-order valence-corrected chi connectivity index (χ4v) is 3.29. The lowest BCUT2D eigenvalue weighted by Gasteiger charge is -2.04. The Morgan fingerprint density at radius 1 is 1.20 bits per heavy atom. The van der Waals surface area contributed by atoms with E-state index >= 15 is 0 Å². The van der Waals surface area contributed by atoms with Gasteiger partial charge in [0.15, 0.2) is 5.13 Å². The van der Waals surface area contributed by atoms with E-state index < -0.39 is 29.8 Å². The molecule has 0 saturated heterocycles. The van der Waals surface area contributed by atoms with E-state index in [1.807, 2.05) is 0 Å². The quantitative estimate of drug-likeness (QED) is 0.650. The van der Waals surface area contributed by atoms with Gasteiger partial charge in [0.2, 0.25) is 0 Å². The van der Waals surface area contributed by atoms with E-state index in [1.54, 1.807) is 18.2 Å². The van der Waals surface area contributed by atoms with Gasteiger partial charge in [-0.1, -0.05) is 35.1 Å². The number of hydrogen-bond acceptors (Lipinski definition) is 3. The second-order valence-electron chi connectivity index (χ2n) is 5.03. The Labute approximate surface area is 150 Å². The van der Waals surface area contributed by atoms with E-state index in [0.29, 0.717) is 21.0 Å². The lowest BCUT2D eigenvalue weighted by Crippen LogP contribution is -2.15. The lowest BCUT2D eigenvalue weighted by atomic mass is 10.1. The fraction of sp³-hybridized carbons (Fsp3) is 0.0588. The molecule has 0 unspecified atom stereocenters. The van der Waals surface area contributed by atoms with Crippen LogP contribution in [0.1, 0.15) is 15.9 Å². The SMILES string of the molecule is O=C(Nc1ncc(-c2cc(CF)ccc2Cl)s1)c1c(F)cccc1F. The largest absolute Gasteiger partial charge is 0.298 e. The van der Waals surface area contributed by atoms with E-state index in [9.17, 15) is 18.0 Å². The number of anilines is 1. The molecule has 2 aromatic carbocycles. The normalized spacial score (nSPS) is 10.7. The summed E-state index contributed by atoms with van der Waals surface area (Å²) in [6.07, 6.45) is 1.45. The van der Waals surface area contributed by atoms with Crippen molar-refractivity contribution in [2.75, 3.05) is 5.32 Å². The molecule has 0 radical (unpaired) electrons. The predicted molar refractivity (Wildman–Crippen MR) is 91.7 cm³/mol. The second kappa shape index (κ2) is 7.25. The molecule has 1 aromatic heterocycles. The number of nitrogens with one attached hydrogen (secondary N) is 1. The van der Waals surface area contributed by atoms with Crippen molar-refractivity contribution in [1.29, 1.82) is 0 Å². The van der Waals surface area contributed by atoms with E-state index in [1.165, 1.54) is 12.3 Å². The predicted octanol–water partition coefficient (Wildman–Crippen LogP) is 5.46. The standard InChI is InChI=1S/C17H10ClF3N2OS/c18-11-5-4-9(7-19)6-10(11)14-8-22-17(25-14)23-16(24)15-12(20)2-1-3-13(15)21/h1-6,8H,7H2,(H,22,23,24). The molecule has 0 saturated carbocycles. The molecule has 3 rings (SSSR count). The van der Waals surface area contributed by atoms with Gasteiger partial charge < -0.3 is 0 Å². The summed E-state index contributed by atoms with van der Waals surface area (Å²) in [5, 5.41) is 2.89. The minimum absolute atomic E-state index is 0.143. The summed E-state index contributed by atoms with van der Waals surface area (Å²) in [6, 6.07) is 7.87. The van der Waals surface area contributed by atoms with Crippen molar-refractivity contribution >= 4 is 34.0 Å². The van der Waals surface area contributed by atoms with Crippen LogP contribution in [0.4, 0.5) is 18.3 Å². The molecule has 0 fully saturated rings. The van der Waals surface area contributed by atoms with Gasteiger partial charge in [-0.15, -0.1) is 0 Å². The Bertz CT molecular complexity index is 925. The first-order valence-corrected chi connectivity index (χ1v) is 8.25. The highest BCUT2D eigenvalue weighted by Crippen LogP contribution is 2.35. The maximum atomic E-state index is 13.6. The molecule has 25 heavy (non-hydrogen) atoms. The van der Waals surface area contributed by atoms with Crippen molar-refractivity contribution < 1.29 is 18.0 Å². The van der Waals surface area contributed by atoms with Gasteiger partial charge in [-0.3, -0.25) is 10.1 Å². The lowest BCUT2D eigenvalue weighted by molar-refractivity contribution is 0.101. The number of carbonyl (C=O) groups is 1. The molecule has 1 amide bonds. The van der Waals surface area contributed by atoms with Crippen molar-refractivity contribution in [2.24, 2.45) is 0 Å². The molecule has 1 heterocycles. The van der Waals surface area contributed by atoms with E-state index in [4.69, 9.17) is 11.6 Å². The Balaban J connectivity index is 1.86. The van der Waals surface area contributed by atoms with Crippen LogP contribution in [0.25, 0.3) is 10.4 Å². The molecule has 3 nitrogen and oxygen atoms in total. The Hall–Kier alpha value is -2.38. The van der Waals surface area contributed by atoms with Gasteiger partial charge in [0.05, 0.1) is 4.88 Å². The Kier molecular flexibility index (Phi) is 5.06. The van der Waals surface area contributed by atoms with E-state index in [2.05, 4.69) is 10.3 Å². The first kappa shape index (κ1) is 17.4. The van der Waals surface area contributed by atoms with Crippen LogP contribution < -0.4 is 5.32 Å². The van der Waals surface area contributed by atoms with Crippen molar-refractivity contribution in [3.05, 3.63) is 70.4 Å². The summed E-state index contributed by atoms with van der Waals surface area (Å²) in [5.74, 6) is -2.87. The zero-order valence-corrected chi connectivity index (χ0v) is 14.1. The van der Waals surface area contributed by atoms with Gasteiger partial charge >= 0.3 is 0 Å². The Morgan fingerprint density at radius 3 is 2.60 bits per heavy atom. The summed E-state index contributed by atoms with van der Waals surface area (Å²) in [4.78, 5) is 16.7. The highest BCUT2D eigenvalue weighted by atomic mass is 35.5. The molecule has 0 spiro atoms. The monoisotopic (exact) mass is 382 g/mol. The minimum atomic E-state index is -0.965. The number of amides is 1. The minimum Gasteiger partial charge on any atom is -0.298 e. The van der Waals surface area contributed by atoms with Crippen LogP contribution in [0.2, 0.25) is 5.02 Å². The average molecular weight is 383 g/mol. The second-order valence-corrected chi connectivity index (χ2v) is 6.47. The van der Waals surface area contributed by atoms with Gasteiger partial charge in [0.1, 0.15) is 23.9 Å². The third-order valence-electron chi connectivity index (χ3n) is 3.37. The molecule has 3 aromatic rings. The maximum absolute atomic E-state index is 13.6. The summed E-state index contributed by atoms with van der Waals surface area (Å²) in [6.45, 7) is -0.640. The molecule has 0 aliphatic rings. The number of alkyl halides is 1. The van der Waals surface area contributed by atoms with Crippen molar-refractivity contribution in [1.82, 2.24) is 4.98 Å². The van der Waals surface area contributed by atoms with E-state index in [0.717, 1.165) is 23.5 Å². The third kappa shape index (κ3) is 3.67. The number of nitrogens with zero attached hydrogens (tertiary/aromatic N) is 1. The maximum Gasteiger partial charge on any atom is 0.263 e. The molecular weight excluding hydrogens is 373 g/mol. The topological polar surface area (TPSA) is 42.0 Å². The Morgan fingerprint density at radius 2 is 1.92 bits per heavy atom. The number of hydrogen-bond donors (Lipinski definition) is 1. The van der Waals surface area contributed by atoms with Crippen molar-refractivity contribution in [3.8, 4) is 10.4 Å². The van der Waals surface area contributed by atoms with Gasteiger partial charge in [-0.25, -0.2) is 18.2 Å². The molecule has 1 N–H and O–H groups in total. The highest BCUT2D eigenvalue weighted by molar-refractivity contribution is 7.19. The van der Waals surface area contributed by atoms with Crippen LogP contribution in [-0.2, 0) is 6.67 Å². The molecule has 128 valence electrons. The van der Waals surface area contributed by atoms with Crippen LogP contribution in [0.15, 0.2) is 42.6 Å². The first-order chi connectivity index (χ1) is 12.0. The highest BCUT2D eigenvalue weighted by Gasteiger charge is 2.18. The molecular formula is C17H10ClF3N2OS. The number of benzene rings is 2. The van der Waals surface area contributed by atoms with Gasteiger partial charge in [0, 0.05) is 16.8 Å². The summed E-state index contributed by atoms with van der Waals surface area (Å²) >= 11 is 7.17. The van der Waals surface area contributed by atoms with Crippen LogP contribution >= 0.6 is 22.9 Å². The first-order valence-electron chi connectivity index (χ1n) is 7.05.